The number of nitrogens with one attached hydrogen (secondary N) is 1. The van der Waals surface area contributed by atoms with E-state index in [1.807, 2.05) is 24.3 Å². The van der Waals surface area contributed by atoms with Crippen molar-refractivity contribution in [2.45, 2.75) is 38.6 Å². The first-order valence-electron chi connectivity index (χ1n) is 7.63. The molecule has 4 nitrogen and oxygen atoms in total. The molecule has 0 saturated heterocycles. The molecular weight excluding hydrogens is 264 g/mol. The van der Waals surface area contributed by atoms with E-state index < -0.39 is 5.91 Å². The van der Waals surface area contributed by atoms with Gasteiger partial charge in [0.25, 0.3) is 5.91 Å². The van der Waals surface area contributed by atoms with E-state index in [2.05, 4.69) is 11.4 Å². The number of allylic oxidation sites excluding steroid dienone is 1. The molecule has 2 rings (SSSR count). The second kappa shape index (κ2) is 8.47. The molecule has 1 amide bonds. The summed E-state index contributed by atoms with van der Waals surface area (Å²) in [5.74, 6) is 0.211. The number of hydrogen-bond donors (Lipinski definition) is 2. The Bertz CT molecular complexity index is 480. The van der Waals surface area contributed by atoms with Crippen molar-refractivity contribution < 1.29 is 9.53 Å². The lowest BCUT2D eigenvalue weighted by molar-refractivity contribution is -0.119. The summed E-state index contributed by atoms with van der Waals surface area (Å²) in [4.78, 5) is 10.6. The summed E-state index contributed by atoms with van der Waals surface area (Å²) in [5, 5.41) is 3.46. The molecule has 1 aromatic rings. The zero-order chi connectivity index (χ0) is 14.9. The second-order valence-electron chi connectivity index (χ2n) is 5.43. The minimum absolute atomic E-state index is 0.0767. The van der Waals surface area contributed by atoms with Gasteiger partial charge in [-0.3, -0.25) is 4.79 Å². The molecule has 114 valence electrons. The molecule has 0 bridgehead atoms. The van der Waals surface area contributed by atoms with Gasteiger partial charge >= 0.3 is 0 Å². The van der Waals surface area contributed by atoms with Crippen LogP contribution >= 0.6 is 0 Å². The molecule has 0 aromatic heterocycles. The number of ether oxygens (including phenoxy) is 1. The highest BCUT2D eigenvalue weighted by Crippen LogP contribution is 2.19. The number of amides is 1. The lowest BCUT2D eigenvalue weighted by atomic mass is 9.97. The summed E-state index contributed by atoms with van der Waals surface area (Å²) in [7, 11) is 0. The van der Waals surface area contributed by atoms with Crippen LogP contribution in [-0.2, 0) is 11.3 Å². The van der Waals surface area contributed by atoms with Crippen molar-refractivity contribution >= 4 is 5.91 Å². The van der Waals surface area contributed by atoms with Gasteiger partial charge in [0.05, 0.1) is 0 Å². The number of rotatable bonds is 8. The molecule has 21 heavy (non-hydrogen) atoms. The normalized spacial score (nSPS) is 14.6. The molecule has 0 fully saturated rings. The molecule has 0 heterocycles. The van der Waals surface area contributed by atoms with Crippen LogP contribution in [0.4, 0.5) is 0 Å². The third kappa shape index (κ3) is 6.00. The van der Waals surface area contributed by atoms with Gasteiger partial charge in [0.1, 0.15) is 5.75 Å². The van der Waals surface area contributed by atoms with Gasteiger partial charge in [-0.15, -0.1) is 0 Å². The highest BCUT2D eigenvalue weighted by atomic mass is 16.5. The molecule has 0 radical (unpaired) electrons. The molecule has 1 aromatic carbocycles. The van der Waals surface area contributed by atoms with Crippen molar-refractivity contribution in [2.75, 3.05) is 13.2 Å². The largest absolute Gasteiger partial charge is 0.484 e. The first kappa shape index (κ1) is 15.6. The van der Waals surface area contributed by atoms with Crippen molar-refractivity contribution in [1.82, 2.24) is 5.32 Å². The molecule has 0 aliphatic heterocycles. The second-order valence-corrected chi connectivity index (χ2v) is 5.43. The first-order valence-corrected chi connectivity index (χ1v) is 7.63. The van der Waals surface area contributed by atoms with Crippen LogP contribution in [0.25, 0.3) is 0 Å². The molecule has 0 saturated carbocycles. The zero-order valence-corrected chi connectivity index (χ0v) is 12.4. The van der Waals surface area contributed by atoms with E-state index in [4.69, 9.17) is 10.5 Å². The summed E-state index contributed by atoms with van der Waals surface area (Å²) in [6.07, 6.45) is 8.77. The fourth-order valence-electron chi connectivity index (χ4n) is 2.47. The Labute approximate surface area is 126 Å². The van der Waals surface area contributed by atoms with Crippen LogP contribution in [0.3, 0.4) is 0 Å². The van der Waals surface area contributed by atoms with Crippen LogP contribution in [0.1, 0.15) is 37.7 Å². The van der Waals surface area contributed by atoms with E-state index >= 15 is 0 Å². The number of benzene rings is 1. The first-order chi connectivity index (χ1) is 10.2. The van der Waals surface area contributed by atoms with Gasteiger partial charge in [-0.05, 0) is 56.3 Å². The predicted octanol–water partition coefficient (Wildman–Crippen LogP) is 2.53. The average molecular weight is 288 g/mol. The summed E-state index contributed by atoms with van der Waals surface area (Å²) < 4.78 is 5.22. The number of carbonyl (C=O) groups is 1. The van der Waals surface area contributed by atoms with Gasteiger partial charge in [-0.25, -0.2) is 0 Å². The molecule has 3 N–H and O–H groups in total. The smallest absolute Gasteiger partial charge is 0.255 e. The number of nitrogens with two attached hydrogens (primary N) is 1. The van der Waals surface area contributed by atoms with E-state index in [0.29, 0.717) is 5.75 Å². The predicted molar refractivity (Wildman–Crippen MR) is 84.0 cm³/mol. The third-order valence-corrected chi connectivity index (χ3v) is 3.64. The van der Waals surface area contributed by atoms with Crippen molar-refractivity contribution in [3.63, 3.8) is 0 Å². The van der Waals surface area contributed by atoms with Gasteiger partial charge in [0, 0.05) is 6.54 Å². The maximum atomic E-state index is 10.6. The van der Waals surface area contributed by atoms with Crippen LogP contribution in [0, 0.1) is 0 Å². The molecule has 0 atom stereocenters. The van der Waals surface area contributed by atoms with Gasteiger partial charge in [-0.2, -0.15) is 0 Å². The SMILES string of the molecule is NC(=O)COc1ccc(CNCCC2=CCCCC2)cc1. The fraction of sp³-hybridized carbons (Fsp3) is 0.471. The molecule has 0 spiro atoms. The van der Waals surface area contributed by atoms with Crippen LogP contribution in [0.15, 0.2) is 35.9 Å². The number of carbonyl (C=O) groups excluding carboxylic acids is 1. The quantitative estimate of drug-likeness (QED) is 0.570. The van der Waals surface area contributed by atoms with Gasteiger partial charge < -0.3 is 15.8 Å². The summed E-state index contributed by atoms with van der Waals surface area (Å²) in [6.45, 7) is 1.79. The highest BCUT2D eigenvalue weighted by Gasteiger charge is 2.03. The molecule has 1 aliphatic rings. The van der Waals surface area contributed by atoms with Gasteiger partial charge in [0.2, 0.25) is 0 Å². The average Bonchev–Trinajstić information content (AvgIpc) is 2.52. The summed E-state index contributed by atoms with van der Waals surface area (Å²) >= 11 is 0. The summed E-state index contributed by atoms with van der Waals surface area (Å²) in [6, 6.07) is 7.74. The fourth-order valence-corrected chi connectivity index (χ4v) is 2.47. The van der Waals surface area contributed by atoms with E-state index in [1.165, 1.54) is 31.2 Å². The Morgan fingerprint density at radius 2 is 2.05 bits per heavy atom. The lowest BCUT2D eigenvalue weighted by Crippen LogP contribution is -2.20. The van der Waals surface area contributed by atoms with Crippen molar-refractivity contribution in [3.8, 4) is 5.75 Å². The Balaban J connectivity index is 1.66. The minimum atomic E-state index is -0.460. The van der Waals surface area contributed by atoms with Crippen LogP contribution in [0.2, 0.25) is 0 Å². The Kier molecular flexibility index (Phi) is 6.28. The van der Waals surface area contributed by atoms with E-state index in [9.17, 15) is 4.79 Å². The minimum Gasteiger partial charge on any atom is -0.484 e. The third-order valence-electron chi connectivity index (χ3n) is 3.64. The molecule has 0 unspecified atom stereocenters. The molecular formula is C17H24N2O2. The van der Waals surface area contributed by atoms with Crippen molar-refractivity contribution in [2.24, 2.45) is 5.73 Å². The van der Waals surface area contributed by atoms with Crippen LogP contribution in [0.5, 0.6) is 5.75 Å². The number of hydrogen-bond acceptors (Lipinski definition) is 3. The standard InChI is InChI=1S/C17H24N2O2/c18-17(20)13-21-16-8-6-15(7-9-16)12-19-11-10-14-4-2-1-3-5-14/h4,6-9,19H,1-3,5,10-13H2,(H2,18,20). The Hall–Kier alpha value is -1.81. The maximum Gasteiger partial charge on any atom is 0.255 e. The van der Waals surface area contributed by atoms with E-state index in [0.717, 1.165) is 19.5 Å². The van der Waals surface area contributed by atoms with Crippen LogP contribution < -0.4 is 15.8 Å². The molecule has 1 aliphatic carbocycles. The van der Waals surface area contributed by atoms with E-state index in [1.54, 1.807) is 5.57 Å². The lowest BCUT2D eigenvalue weighted by Gasteiger charge is -2.13. The van der Waals surface area contributed by atoms with Crippen LogP contribution in [-0.4, -0.2) is 19.1 Å². The monoisotopic (exact) mass is 288 g/mol. The Morgan fingerprint density at radius 3 is 2.71 bits per heavy atom. The highest BCUT2D eigenvalue weighted by molar-refractivity contribution is 5.75. The van der Waals surface area contributed by atoms with Crippen molar-refractivity contribution in [3.05, 3.63) is 41.5 Å². The summed E-state index contributed by atoms with van der Waals surface area (Å²) in [5.41, 5.74) is 7.84. The Morgan fingerprint density at radius 1 is 1.24 bits per heavy atom. The van der Waals surface area contributed by atoms with Gasteiger partial charge in [0.15, 0.2) is 6.61 Å². The van der Waals surface area contributed by atoms with Gasteiger partial charge in [-0.1, -0.05) is 23.8 Å². The number of primary amides is 1. The topological polar surface area (TPSA) is 64.4 Å². The van der Waals surface area contributed by atoms with Crippen molar-refractivity contribution in [1.29, 1.82) is 0 Å². The molecule has 4 heteroatoms. The van der Waals surface area contributed by atoms with E-state index in [-0.39, 0.29) is 6.61 Å². The maximum absolute atomic E-state index is 10.6. The zero-order valence-electron chi connectivity index (χ0n) is 12.4.